The normalized spacial score (nSPS) is 10.4. The van der Waals surface area contributed by atoms with Gasteiger partial charge in [0.2, 0.25) is 0 Å². The Bertz CT molecular complexity index is 597. The van der Waals surface area contributed by atoms with Crippen LogP contribution in [0.15, 0.2) is 24.4 Å². The molecule has 0 fully saturated rings. The third kappa shape index (κ3) is 3.27. The number of hydrogen-bond acceptors (Lipinski definition) is 4. The molecule has 1 heterocycles. The van der Waals surface area contributed by atoms with Gasteiger partial charge in [-0.25, -0.2) is 4.39 Å². The van der Waals surface area contributed by atoms with Crippen LogP contribution in [0.2, 0.25) is 0 Å². The van der Waals surface area contributed by atoms with Crippen molar-refractivity contribution in [3.05, 3.63) is 41.5 Å². The summed E-state index contributed by atoms with van der Waals surface area (Å²) in [7, 11) is 0. The van der Waals surface area contributed by atoms with Crippen molar-refractivity contribution in [1.29, 1.82) is 0 Å². The zero-order valence-electron chi connectivity index (χ0n) is 10.3. The number of carbonyl (C=O) groups excluding carboxylic acids is 1. The molecule has 0 atom stereocenters. The van der Waals surface area contributed by atoms with Crippen molar-refractivity contribution >= 4 is 5.91 Å². The number of amides is 1. The minimum absolute atomic E-state index is 0.202. The Labute approximate surface area is 108 Å². The number of nitrogens with zero attached hydrogens (tertiary/aromatic N) is 3. The predicted octanol–water partition coefficient (Wildman–Crippen LogP) is 0.861. The van der Waals surface area contributed by atoms with Gasteiger partial charge in [-0.1, -0.05) is 5.21 Å². The summed E-state index contributed by atoms with van der Waals surface area (Å²) in [5.41, 5.74) is 1.00. The Balaban J connectivity index is 1.89. The van der Waals surface area contributed by atoms with Gasteiger partial charge in [-0.3, -0.25) is 9.48 Å². The topological polar surface area (TPSA) is 80.0 Å². The van der Waals surface area contributed by atoms with Gasteiger partial charge in [0.25, 0.3) is 5.91 Å². The fourth-order valence-electron chi connectivity index (χ4n) is 1.54. The highest BCUT2D eigenvalue weighted by molar-refractivity contribution is 5.94. The van der Waals surface area contributed by atoms with Gasteiger partial charge in [-0.2, -0.15) is 0 Å². The van der Waals surface area contributed by atoms with Crippen molar-refractivity contribution in [1.82, 2.24) is 20.3 Å². The molecule has 1 aromatic heterocycles. The number of nitrogens with one attached hydrogen (secondary N) is 1. The van der Waals surface area contributed by atoms with E-state index in [1.54, 1.807) is 10.9 Å². The lowest BCUT2D eigenvalue weighted by molar-refractivity contribution is 0.0951. The van der Waals surface area contributed by atoms with E-state index in [-0.39, 0.29) is 11.5 Å². The molecule has 1 amide bonds. The smallest absolute Gasteiger partial charge is 0.251 e. The molecule has 0 bridgehead atoms. The van der Waals surface area contributed by atoms with Crippen LogP contribution in [0, 0.1) is 12.7 Å². The average molecular weight is 264 g/mol. The number of carbonyl (C=O) groups is 1. The Morgan fingerprint density at radius 3 is 2.95 bits per heavy atom. The van der Waals surface area contributed by atoms with Crippen LogP contribution in [0.1, 0.15) is 16.1 Å². The summed E-state index contributed by atoms with van der Waals surface area (Å²) < 4.78 is 14.4. The number of aryl methyl sites for hydroxylation is 1. The maximum atomic E-state index is 12.8. The second-order valence-electron chi connectivity index (χ2n) is 4.05. The molecule has 6 nitrogen and oxygen atoms in total. The van der Waals surface area contributed by atoms with Gasteiger partial charge in [-0.05, 0) is 25.1 Å². The molecular formula is C12H13FN4O2. The van der Waals surface area contributed by atoms with Crippen LogP contribution in [-0.4, -0.2) is 32.6 Å². The Kier molecular flexibility index (Phi) is 3.74. The first-order chi connectivity index (χ1) is 9.06. The highest BCUT2D eigenvalue weighted by atomic mass is 19.1. The molecule has 0 unspecified atom stereocenters. The van der Waals surface area contributed by atoms with Crippen LogP contribution in [0.5, 0.6) is 5.75 Å². The molecule has 19 heavy (non-hydrogen) atoms. The maximum Gasteiger partial charge on any atom is 0.251 e. The number of phenolic OH excluding ortho intramolecular Hbond substituents is 1. The van der Waals surface area contributed by atoms with Gasteiger partial charge in [-0.15, -0.1) is 5.10 Å². The lowest BCUT2D eigenvalue weighted by Crippen LogP contribution is -2.27. The van der Waals surface area contributed by atoms with Crippen molar-refractivity contribution < 1.29 is 14.3 Å². The molecular weight excluding hydrogens is 251 g/mol. The van der Waals surface area contributed by atoms with Gasteiger partial charge in [0.15, 0.2) is 11.6 Å². The van der Waals surface area contributed by atoms with E-state index in [9.17, 15) is 14.3 Å². The van der Waals surface area contributed by atoms with E-state index in [0.29, 0.717) is 13.1 Å². The zero-order valence-corrected chi connectivity index (χ0v) is 10.3. The summed E-state index contributed by atoms with van der Waals surface area (Å²) in [5.74, 6) is -1.68. The fraction of sp³-hybridized carbons (Fsp3) is 0.250. The fourth-order valence-corrected chi connectivity index (χ4v) is 1.54. The number of hydrogen-bond donors (Lipinski definition) is 2. The summed E-state index contributed by atoms with van der Waals surface area (Å²) in [6.45, 7) is 2.67. The molecule has 0 aliphatic rings. The minimum atomic E-state index is -0.755. The Hall–Kier alpha value is -2.44. The molecule has 7 heteroatoms. The van der Waals surface area contributed by atoms with Gasteiger partial charge < -0.3 is 10.4 Å². The predicted molar refractivity (Wildman–Crippen MR) is 65.2 cm³/mol. The van der Waals surface area contributed by atoms with Crippen LogP contribution in [0.4, 0.5) is 4.39 Å². The molecule has 0 aliphatic carbocycles. The summed E-state index contributed by atoms with van der Waals surface area (Å²) >= 11 is 0. The number of rotatable bonds is 4. The van der Waals surface area contributed by atoms with Crippen molar-refractivity contribution in [2.75, 3.05) is 6.54 Å². The second kappa shape index (κ2) is 5.47. The molecule has 0 radical (unpaired) electrons. The molecule has 0 saturated carbocycles. The van der Waals surface area contributed by atoms with E-state index >= 15 is 0 Å². The largest absolute Gasteiger partial charge is 0.505 e. The van der Waals surface area contributed by atoms with Gasteiger partial charge >= 0.3 is 0 Å². The van der Waals surface area contributed by atoms with Crippen LogP contribution >= 0.6 is 0 Å². The average Bonchev–Trinajstić information content (AvgIpc) is 2.78. The number of aromatic hydroxyl groups is 1. The molecule has 0 spiro atoms. The van der Waals surface area contributed by atoms with E-state index < -0.39 is 11.6 Å². The van der Waals surface area contributed by atoms with E-state index in [1.807, 2.05) is 6.92 Å². The van der Waals surface area contributed by atoms with Crippen LogP contribution < -0.4 is 5.32 Å². The van der Waals surface area contributed by atoms with Crippen LogP contribution in [0.3, 0.4) is 0 Å². The summed E-state index contributed by atoms with van der Waals surface area (Å²) in [6.07, 6.45) is 1.76. The minimum Gasteiger partial charge on any atom is -0.505 e. The quantitative estimate of drug-likeness (QED) is 0.858. The Morgan fingerprint density at radius 2 is 2.32 bits per heavy atom. The van der Waals surface area contributed by atoms with Gasteiger partial charge in [0, 0.05) is 18.3 Å². The van der Waals surface area contributed by atoms with Crippen molar-refractivity contribution in [2.24, 2.45) is 0 Å². The van der Waals surface area contributed by atoms with Crippen molar-refractivity contribution in [3.63, 3.8) is 0 Å². The molecule has 2 aromatic rings. The highest BCUT2D eigenvalue weighted by Gasteiger charge is 2.08. The van der Waals surface area contributed by atoms with E-state index in [4.69, 9.17) is 0 Å². The molecule has 2 rings (SSSR count). The van der Waals surface area contributed by atoms with Crippen LogP contribution in [-0.2, 0) is 6.54 Å². The number of benzene rings is 1. The zero-order chi connectivity index (χ0) is 13.8. The third-order valence-electron chi connectivity index (χ3n) is 2.49. The molecule has 0 saturated heterocycles. The van der Waals surface area contributed by atoms with E-state index in [1.165, 1.54) is 6.07 Å². The third-order valence-corrected chi connectivity index (χ3v) is 2.49. The standard InChI is InChI=1S/C12H13FN4O2/c1-8-7-17(16-15-8)5-4-14-12(19)9-2-3-10(13)11(18)6-9/h2-3,6-7,18H,4-5H2,1H3,(H,14,19). The molecule has 1 aromatic carbocycles. The monoisotopic (exact) mass is 264 g/mol. The first-order valence-electron chi connectivity index (χ1n) is 5.70. The summed E-state index contributed by atoms with van der Waals surface area (Å²) in [6, 6.07) is 3.44. The van der Waals surface area contributed by atoms with Crippen LogP contribution in [0.25, 0.3) is 0 Å². The summed E-state index contributed by atoms with van der Waals surface area (Å²) in [5, 5.41) is 19.5. The van der Waals surface area contributed by atoms with Crippen molar-refractivity contribution in [2.45, 2.75) is 13.5 Å². The second-order valence-corrected chi connectivity index (χ2v) is 4.05. The number of aromatic nitrogens is 3. The van der Waals surface area contributed by atoms with E-state index in [2.05, 4.69) is 15.6 Å². The maximum absolute atomic E-state index is 12.8. The first-order valence-corrected chi connectivity index (χ1v) is 5.70. The molecule has 0 aliphatic heterocycles. The lowest BCUT2D eigenvalue weighted by atomic mass is 10.2. The lowest BCUT2D eigenvalue weighted by Gasteiger charge is -2.05. The van der Waals surface area contributed by atoms with Gasteiger partial charge in [0.05, 0.1) is 12.2 Å². The van der Waals surface area contributed by atoms with Gasteiger partial charge in [0.1, 0.15) is 0 Å². The first kappa shape index (κ1) is 13.0. The SMILES string of the molecule is Cc1cn(CCNC(=O)c2ccc(F)c(O)c2)nn1. The number of halogens is 1. The molecule has 2 N–H and O–H groups in total. The van der Waals surface area contributed by atoms with Crippen molar-refractivity contribution in [3.8, 4) is 5.75 Å². The summed E-state index contributed by atoms with van der Waals surface area (Å²) in [4.78, 5) is 11.7. The van der Waals surface area contributed by atoms with E-state index in [0.717, 1.165) is 17.8 Å². The Morgan fingerprint density at radius 1 is 1.53 bits per heavy atom. The highest BCUT2D eigenvalue weighted by Crippen LogP contribution is 2.16. The number of phenols is 1. The molecule has 100 valence electrons.